The van der Waals surface area contributed by atoms with Gasteiger partial charge in [0, 0.05) is 10.6 Å². The van der Waals surface area contributed by atoms with E-state index >= 15 is 0 Å². The molecule has 9 heteroatoms. The maximum atomic E-state index is 12.9. The summed E-state index contributed by atoms with van der Waals surface area (Å²) in [5, 5.41) is 0.640. The van der Waals surface area contributed by atoms with Crippen LogP contribution in [-0.4, -0.2) is 53.4 Å². The van der Waals surface area contributed by atoms with Crippen molar-refractivity contribution in [2.45, 2.75) is 44.6 Å². The molecule has 6 nitrogen and oxygen atoms in total. The molecule has 0 saturated carbocycles. The summed E-state index contributed by atoms with van der Waals surface area (Å²) in [4.78, 5) is 17.5. The van der Waals surface area contributed by atoms with Crippen LogP contribution >= 0.6 is 11.6 Å². The number of halogens is 1. The zero-order valence-electron chi connectivity index (χ0n) is 19.5. The number of nitrogens with zero attached hydrogens (tertiary/aromatic N) is 2. The molecule has 35 heavy (non-hydrogen) atoms. The molecule has 0 fully saturated rings. The summed E-state index contributed by atoms with van der Waals surface area (Å²) in [6, 6.07) is 19.0. The van der Waals surface area contributed by atoms with Gasteiger partial charge in [0.15, 0.2) is 0 Å². The molecule has 0 atom stereocenters. The van der Waals surface area contributed by atoms with Crippen LogP contribution in [0, 0.1) is 6.92 Å². The number of sulfonamides is 1. The number of nitrogens with one attached hydrogen (secondary N) is 1. The summed E-state index contributed by atoms with van der Waals surface area (Å²) in [5.41, 5.74) is 3.47. The van der Waals surface area contributed by atoms with Gasteiger partial charge in [-0.05, 0) is 59.9 Å². The van der Waals surface area contributed by atoms with Crippen LogP contribution in [0.5, 0.6) is 0 Å². The van der Waals surface area contributed by atoms with Crippen molar-refractivity contribution < 1.29 is 13.2 Å². The fraction of sp³-hybridized carbons (Fsp3) is 0.231. The first-order chi connectivity index (χ1) is 16.0. The second kappa shape index (κ2) is 10.4. The summed E-state index contributed by atoms with van der Waals surface area (Å²) in [6.07, 6.45) is 0. The van der Waals surface area contributed by atoms with Gasteiger partial charge >= 0.3 is 29.6 Å². The third kappa shape index (κ3) is 5.98. The summed E-state index contributed by atoms with van der Waals surface area (Å²) < 4.78 is 29.8. The average Bonchev–Trinajstić information content (AvgIpc) is 3.09. The van der Waals surface area contributed by atoms with Gasteiger partial charge in [-0.3, -0.25) is 4.79 Å². The van der Waals surface area contributed by atoms with E-state index in [0.717, 1.165) is 22.5 Å². The molecule has 0 aliphatic rings. The Morgan fingerprint density at radius 1 is 1.03 bits per heavy atom. The minimum absolute atomic E-state index is 0. The Kier molecular flexibility index (Phi) is 8.19. The molecule has 1 heterocycles. The van der Waals surface area contributed by atoms with Gasteiger partial charge in [0.2, 0.25) is 0 Å². The van der Waals surface area contributed by atoms with Gasteiger partial charge in [0.05, 0.1) is 22.5 Å². The van der Waals surface area contributed by atoms with Crippen LogP contribution in [-0.2, 0) is 22.0 Å². The number of fused-ring (bicyclic) bond motifs is 1. The molecule has 0 unspecified atom stereocenters. The summed E-state index contributed by atoms with van der Waals surface area (Å²) in [7, 11) is -4.02. The van der Waals surface area contributed by atoms with Crippen molar-refractivity contribution in [1.29, 1.82) is 0 Å². The van der Waals surface area contributed by atoms with Crippen LogP contribution in [0.3, 0.4) is 0 Å². The van der Waals surface area contributed by atoms with Crippen LogP contribution in [0.15, 0.2) is 71.6 Å². The quantitative estimate of drug-likeness (QED) is 0.383. The Hall–Kier alpha value is -2.16. The summed E-state index contributed by atoms with van der Waals surface area (Å²) >= 11 is 6.33. The molecule has 3 aromatic carbocycles. The van der Waals surface area contributed by atoms with E-state index in [1.54, 1.807) is 30.3 Å². The third-order valence-electron chi connectivity index (χ3n) is 5.75. The van der Waals surface area contributed by atoms with Crippen molar-refractivity contribution >= 4 is 68.1 Å². The number of hydrogen-bond acceptors (Lipinski definition) is 4. The van der Waals surface area contributed by atoms with Crippen molar-refractivity contribution in [2.75, 3.05) is 0 Å². The first-order valence-electron chi connectivity index (χ1n) is 10.8. The van der Waals surface area contributed by atoms with Crippen LogP contribution < -0.4 is 4.72 Å². The van der Waals surface area contributed by atoms with E-state index in [2.05, 4.69) is 9.71 Å². The second-order valence-electron chi connectivity index (χ2n) is 9.25. The number of carbonyl (C=O) groups is 1. The van der Waals surface area contributed by atoms with Crippen LogP contribution in [0.4, 0.5) is 0 Å². The Bertz CT molecular complexity index is 1490. The minimum atomic E-state index is -4.02. The first kappa shape index (κ1) is 27.4. The summed E-state index contributed by atoms with van der Waals surface area (Å²) in [6.45, 7) is 8.50. The molecule has 1 N–H and O–H groups in total. The van der Waals surface area contributed by atoms with E-state index in [0.29, 0.717) is 17.1 Å². The Labute approximate surface area is 233 Å². The predicted octanol–water partition coefficient (Wildman–Crippen LogP) is 4.81. The molecule has 0 saturated heterocycles. The van der Waals surface area contributed by atoms with Gasteiger partial charge < -0.3 is 4.57 Å². The van der Waals surface area contributed by atoms with Gasteiger partial charge in [-0.15, -0.1) is 0 Å². The van der Waals surface area contributed by atoms with E-state index in [4.69, 9.17) is 11.6 Å². The predicted molar refractivity (Wildman–Crippen MR) is 142 cm³/mol. The van der Waals surface area contributed by atoms with E-state index in [1.807, 2.05) is 56.5 Å². The molecule has 0 aliphatic heterocycles. The van der Waals surface area contributed by atoms with Gasteiger partial charge in [0.25, 0.3) is 15.9 Å². The molecule has 4 rings (SSSR count). The molecule has 0 bridgehead atoms. The number of imidazole rings is 1. The number of amides is 1. The summed E-state index contributed by atoms with van der Waals surface area (Å²) in [5.74, 6) is 0.0592. The number of rotatable bonds is 5. The Morgan fingerprint density at radius 2 is 1.69 bits per heavy atom. The molecular formula is C26H27ClN3NaO3S. The second-order valence-corrected chi connectivity index (χ2v) is 11.3. The van der Waals surface area contributed by atoms with Crippen LogP contribution in [0.25, 0.3) is 11.0 Å². The van der Waals surface area contributed by atoms with Crippen LogP contribution in [0.1, 0.15) is 48.1 Å². The Balaban J connectivity index is 0.00000342. The maximum absolute atomic E-state index is 12.9. The molecular weight excluding hydrogens is 493 g/mol. The van der Waals surface area contributed by atoms with Crippen LogP contribution in [0.2, 0.25) is 5.02 Å². The molecule has 0 aliphatic carbocycles. The van der Waals surface area contributed by atoms with Crippen molar-refractivity contribution in [3.8, 4) is 0 Å². The zero-order valence-corrected chi connectivity index (χ0v) is 21.0. The third-order valence-corrected chi connectivity index (χ3v) is 7.46. The number of hydrogen-bond donors (Lipinski definition) is 1. The van der Waals surface area contributed by atoms with Crippen molar-refractivity contribution in [1.82, 2.24) is 14.3 Å². The van der Waals surface area contributed by atoms with E-state index in [1.165, 1.54) is 12.1 Å². The fourth-order valence-electron chi connectivity index (χ4n) is 3.75. The first-order valence-corrected chi connectivity index (χ1v) is 12.7. The molecule has 1 amide bonds. The topological polar surface area (TPSA) is 81.1 Å². The van der Waals surface area contributed by atoms with Gasteiger partial charge in [-0.1, -0.05) is 62.7 Å². The normalized spacial score (nSPS) is 11.8. The number of benzene rings is 3. The zero-order chi connectivity index (χ0) is 24.7. The number of carbonyl (C=O) groups excluding carboxylic acids is 1. The molecule has 0 radical (unpaired) electrons. The monoisotopic (exact) mass is 519 g/mol. The molecule has 1 aromatic heterocycles. The van der Waals surface area contributed by atoms with Gasteiger partial charge in [0.1, 0.15) is 5.82 Å². The van der Waals surface area contributed by atoms with Gasteiger partial charge in [-0.2, -0.15) is 0 Å². The van der Waals surface area contributed by atoms with Crippen molar-refractivity contribution in [2.24, 2.45) is 0 Å². The number of aromatic nitrogens is 2. The average molecular weight is 520 g/mol. The molecule has 4 aromatic rings. The standard InChI is InChI=1S/C26H26ClN3O3S.Na.H/c1-17-28-23-14-9-18(15-24(23)30(17)16-19-7-5-6-8-22(19)27)25(31)29-34(32,33)21-12-10-20(11-13-21)26(2,3)4;;/h5-15H,16H2,1-4H3,(H,29,31);;. The molecule has 178 valence electrons. The van der Waals surface area contributed by atoms with E-state index < -0.39 is 15.9 Å². The van der Waals surface area contributed by atoms with E-state index in [-0.39, 0.29) is 45.4 Å². The molecule has 0 spiro atoms. The van der Waals surface area contributed by atoms with Crippen molar-refractivity contribution in [3.63, 3.8) is 0 Å². The van der Waals surface area contributed by atoms with Gasteiger partial charge in [-0.25, -0.2) is 18.1 Å². The number of aryl methyl sites for hydroxylation is 1. The Morgan fingerprint density at radius 3 is 2.31 bits per heavy atom. The fourth-order valence-corrected chi connectivity index (χ4v) is 4.92. The SMILES string of the molecule is Cc1nc2ccc(C(=O)NS(=O)(=O)c3ccc(C(C)(C)C)cc3)cc2n1Cc1ccccc1Cl.[NaH]. The van der Waals surface area contributed by atoms with Crippen molar-refractivity contribution in [3.05, 3.63) is 94.3 Å². The van der Waals surface area contributed by atoms with E-state index in [9.17, 15) is 13.2 Å².